The highest BCUT2D eigenvalue weighted by molar-refractivity contribution is 7.89. The summed E-state index contributed by atoms with van der Waals surface area (Å²) in [5, 5.41) is 9.03. The van der Waals surface area contributed by atoms with E-state index in [0.717, 1.165) is 12.5 Å². The third-order valence-corrected chi connectivity index (χ3v) is 4.62. The molecule has 0 aliphatic heterocycles. The van der Waals surface area contributed by atoms with Crippen LogP contribution in [0.2, 0.25) is 0 Å². The minimum atomic E-state index is -3.68. The number of benzene rings is 1. The number of hydrogen-bond donors (Lipinski definition) is 2. The van der Waals surface area contributed by atoms with Crippen LogP contribution in [0.1, 0.15) is 23.7 Å². The van der Waals surface area contributed by atoms with Crippen LogP contribution in [0, 0.1) is 5.92 Å². The first-order valence-electron chi connectivity index (χ1n) is 5.79. The van der Waals surface area contributed by atoms with Crippen molar-refractivity contribution in [3.05, 3.63) is 23.8 Å². The summed E-state index contributed by atoms with van der Waals surface area (Å²) in [7, 11) is -2.35. The van der Waals surface area contributed by atoms with E-state index in [9.17, 15) is 13.2 Å². The number of rotatable bonds is 5. The number of aromatic carboxylic acids is 1. The molecule has 2 atom stereocenters. The Morgan fingerprint density at radius 1 is 1.47 bits per heavy atom. The molecule has 6 nitrogen and oxygen atoms in total. The van der Waals surface area contributed by atoms with Gasteiger partial charge < -0.3 is 9.84 Å². The van der Waals surface area contributed by atoms with Gasteiger partial charge in [0.1, 0.15) is 11.3 Å². The third kappa shape index (κ3) is 2.87. The molecule has 19 heavy (non-hydrogen) atoms. The predicted molar refractivity (Wildman–Crippen MR) is 67.8 cm³/mol. The molecule has 2 N–H and O–H groups in total. The van der Waals surface area contributed by atoms with Crippen LogP contribution < -0.4 is 9.46 Å². The Balaban J connectivity index is 2.34. The zero-order chi connectivity index (χ0) is 14.2. The Bertz CT molecular complexity index is 611. The summed E-state index contributed by atoms with van der Waals surface area (Å²) >= 11 is 0. The van der Waals surface area contributed by atoms with Gasteiger partial charge in [0.2, 0.25) is 10.0 Å². The quantitative estimate of drug-likeness (QED) is 0.844. The second-order valence-corrected chi connectivity index (χ2v) is 6.32. The van der Waals surface area contributed by atoms with Crippen molar-refractivity contribution in [2.24, 2.45) is 5.92 Å². The molecule has 2 rings (SSSR count). The van der Waals surface area contributed by atoms with E-state index in [1.807, 2.05) is 6.92 Å². The highest BCUT2D eigenvalue weighted by Gasteiger charge is 2.36. The van der Waals surface area contributed by atoms with Crippen molar-refractivity contribution >= 4 is 16.0 Å². The van der Waals surface area contributed by atoms with Crippen LogP contribution in [0.3, 0.4) is 0 Å². The molecule has 7 heteroatoms. The van der Waals surface area contributed by atoms with Crippen molar-refractivity contribution in [3.8, 4) is 5.75 Å². The van der Waals surface area contributed by atoms with E-state index in [0.29, 0.717) is 5.92 Å². The van der Waals surface area contributed by atoms with E-state index in [2.05, 4.69) is 4.72 Å². The minimum absolute atomic E-state index is 0.0552. The van der Waals surface area contributed by atoms with Gasteiger partial charge in [0.05, 0.1) is 12.0 Å². The Labute approximate surface area is 111 Å². The van der Waals surface area contributed by atoms with E-state index in [4.69, 9.17) is 9.84 Å². The van der Waals surface area contributed by atoms with Crippen molar-refractivity contribution < 1.29 is 23.1 Å². The summed E-state index contributed by atoms with van der Waals surface area (Å²) in [6.07, 6.45) is 0.807. The van der Waals surface area contributed by atoms with Gasteiger partial charge in [-0.25, -0.2) is 17.9 Å². The average Bonchev–Trinajstić information content (AvgIpc) is 3.02. The number of methoxy groups -OCH3 is 1. The van der Waals surface area contributed by atoms with Gasteiger partial charge in [0.25, 0.3) is 0 Å². The molecule has 1 aromatic rings. The highest BCUT2D eigenvalue weighted by Crippen LogP contribution is 2.31. The van der Waals surface area contributed by atoms with Gasteiger partial charge in [-0.2, -0.15) is 0 Å². The summed E-state index contributed by atoms with van der Waals surface area (Å²) in [5.74, 6) is -0.771. The van der Waals surface area contributed by atoms with Gasteiger partial charge in [-0.05, 0) is 30.5 Å². The first kappa shape index (κ1) is 13.8. The lowest BCUT2D eigenvalue weighted by molar-refractivity contribution is 0.0693. The molecule has 1 aliphatic carbocycles. The smallest absolute Gasteiger partial charge is 0.339 e. The first-order valence-corrected chi connectivity index (χ1v) is 7.27. The highest BCUT2D eigenvalue weighted by atomic mass is 32.2. The molecule has 0 aromatic heterocycles. The van der Waals surface area contributed by atoms with E-state index in [-0.39, 0.29) is 22.3 Å². The van der Waals surface area contributed by atoms with Crippen LogP contribution in [0.4, 0.5) is 0 Å². The van der Waals surface area contributed by atoms with Crippen molar-refractivity contribution in [3.63, 3.8) is 0 Å². The number of sulfonamides is 1. The maximum Gasteiger partial charge on any atom is 0.339 e. The number of carboxylic acids is 1. The Hall–Kier alpha value is -1.60. The fourth-order valence-corrected chi connectivity index (χ4v) is 3.16. The lowest BCUT2D eigenvalue weighted by Gasteiger charge is -2.09. The molecule has 1 aliphatic rings. The molecule has 0 radical (unpaired) electrons. The van der Waals surface area contributed by atoms with Gasteiger partial charge in [0.15, 0.2) is 0 Å². The summed E-state index contributed by atoms with van der Waals surface area (Å²) in [4.78, 5) is 11.0. The molecular formula is C12H15NO5S. The Morgan fingerprint density at radius 2 is 2.11 bits per heavy atom. The fraction of sp³-hybridized carbons (Fsp3) is 0.417. The molecule has 2 unspecified atom stereocenters. The number of hydrogen-bond acceptors (Lipinski definition) is 4. The summed E-state index contributed by atoms with van der Waals surface area (Å²) < 4.78 is 31.5. The number of carbonyl (C=O) groups is 1. The van der Waals surface area contributed by atoms with E-state index in [1.54, 1.807) is 0 Å². The van der Waals surface area contributed by atoms with E-state index < -0.39 is 16.0 Å². The van der Waals surface area contributed by atoms with Gasteiger partial charge >= 0.3 is 5.97 Å². The monoisotopic (exact) mass is 285 g/mol. The minimum Gasteiger partial charge on any atom is -0.496 e. The topological polar surface area (TPSA) is 92.7 Å². The number of ether oxygens (including phenoxy) is 1. The van der Waals surface area contributed by atoms with Crippen LogP contribution in [0.15, 0.2) is 23.1 Å². The molecule has 1 aromatic carbocycles. The number of carboxylic acid groups (broad SMARTS) is 1. The SMILES string of the molecule is COc1ccc(S(=O)(=O)NC2CC2C)cc1C(=O)O. The number of nitrogens with one attached hydrogen (secondary N) is 1. The summed E-state index contributed by atoms with van der Waals surface area (Å²) in [6.45, 7) is 1.95. The molecule has 0 heterocycles. The van der Waals surface area contributed by atoms with E-state index in [1.165, 1.54) is 19.2 Å². The normalized spacial score (nSPS) is 22.0. The zero-order valence-corrected chi connectivity index (χ0v) is 11.4. The van der Waals surface area contributed by atoms with Gasteiger partial charge in [-0.3, -0.25) is 0 Å². The van der Waals surface area contributed by atoms with Crippen molar-refractivity contribution in [1.29, 1.82) is 0 Å². The largest absolute Gasteiger partial charge is 0.496 e. The van der Waals surface area contributed by atoms with Crippen molar-refractivity contribution in [2.45, 2.75) is 24.3 Å². The predicted octanol–water partition coefficient (Wildman–Crippen LogP) is 1.08. The van der Waals surface area contributed by atoms with Crippen LogP contribution in [-0.4, -0.2) is 32.6 Å². The second kappa shape index (κ2) is 4.82. The molecule has 0 amide bonds. The maximum absolute atomic E-state index is 12.1. The first-order chi connectivity index (χ1) is 8.85. The molecule has 0 spiro atoms. The second-order valence-electron chi connectivity index (χ2n) is 4.61. The molecule has 0 saturated heterocycles. The van der Waals surface area contributed by atoms with Gasteiger partial charge in [0, 0.05) is 6.04 Å². The van der Waals surface area contributed by atoms with Crippen LogP contribution in [0.5, 0.6) is 5.75 Å². The standard InChI is InChI=1S/C12H15NO5S/c1-7-5-10(7)13-19(16,17)8-3-4-11(18-2)9(6-8)12(14)15/h3-4,6-7,10,13H,5H2,1-2H3,(H,14,15). The van der Waals surface area contributed by atoms with Crippen molar-refractivity contribution in [1.82, 2.24) is 4.72 Å². The lowest BCUT2D eigenvalue weighted by atomic mass is 10.2. The molecule has 1 saturated carbocycles. The van der Waals surface area contributed by atoms with Crippen molar-refractivity contribution in [2.75, 3.05) is 7.11 Å². The van der Waals surface area contributed by atoms with Gasteiger partial charge in [-0.1, -0.05) is 6.92 Å². The Morgan fingerprint density at radius 3 is 2.58 bits per heavy atom. The summed E-state index contributed by atoms with van der Waals surface area (Å²) in [6, 6.07) is 3.73. The van der Waals surface area contributed by atoms with Crippen LogP contribution in [0.25, 0.3) is 0 Å². The molecular weight excluding hydrogens is 270 g/mol. The fourth-order valence-electron chi connectivity index (χ4n) is 1.77. The third-order valence-electron chi connectivity index (χ3n) is 3.13. The molecule has 104 valence electrons. The molecule has 0 bridgehead atoms. The zero-order valence-electron chi connectivity index (χ0n) is 10.6. The van der Waals surface area contributed by atoms with Crippen LogP contribution in [-0.2, 0) is 10.0 Å². The average molecular weight is 285 g/mol. The Kier molecular flexibility index (Phi) is 3.51. The molecule has 1 fully saturated rings. The summed E-state index contributed by atoms with van der Waals surface area (Å²) in [5.41, 5.74) is -0.172. The van der Waals surface area contributed by atoms with Gasteiger partial charge in [-0.15, -0.1) is 0 Å². The maximum atomic E-state index is 12.1. The van der Waals surface area contributed by atoms with E-state index >= 15 is 0 Å². The van der Waals surface area contributed by atoms with Crippen LogP contribution >= 0.6 is 0 Å². The lowest BCUT2D eigenvalue weighted by Crippen LogP contribution is -2.27.